The Hall–Kier alpha value is -4.70. The second-order valence-corrected chi connectivity index (χ2v) is 8.31. The number of allylic oxidation sites excluding steroid dienone is 1. The smallest absolute Gasteiger partial charge is 0.237 e. The van der Waals surface area contributed by atoms with Gasteiger partial charge < -0.3 is 9.64 Å². The van der Waals surface area contributed by atoms with E-state index < -0.39 is 5.92 Å². The molecule has 0 amide bonds. The van der Waals surface area contributed by atoms with Gasteiger partial charge in [0.1, 0.15) is 23.2 Å². The van der Waals surface area contributed by atoms with Crippen molar-refractivity contribution in [3.63, 3.8) is 0 Å². The fourth-order valence-electron chi connectivity index (χ4n) is 4.11. The van der Waals surface area contributed by atoms with Gasteiger partial charge in [0.15, 0.2) is 0 Å². The molecule has 5 rings (SSSR count). The summed E-state index contributed by atoms with van der Waals surface area (Å²) in [5.74, 6) is -0.252. The van der Waals surface area contributed by atoms with Crippen molar-refractivity contribution < 1.29 is 9.13 Å². The highest BCUT2D eigenvalue weighted by Gasteiger charge is 2.38. The predicted molar refractivity (Wildman–Crippen MR) is 133 cm³/mol. The number of para-hydroxylation sites is 1. The Bertz CT molecular complexity index is 1450. The fraction of sp³-hybridized carbons (Fsp3) is 0.107. The zero-order chi connectivity index (χ0) is 24.4. The van der Waals surface area contributed by atoms with Gasteiger partial charge in [0.05, 0.1) is 23.5 Å². The van der Waals surface area contributed by atoms with E-state index in [4.69, 9.17) is 9.84 Å². The molecule has 3 aromatic carbocycles. The zero-order valence-corrected chi connectivity index (χ0v) is 19.3. The molecule has 7 heteroatoms. The molecule has 4 aromatic rings. The topological polar surface area (TPSA) is 66.4 Å². The van der Waals surface area contributed by atoms with E-state index in [1.165, 1.54) is 12.1 Å². The van der Waals surface area contributed by atoms with Crippen LogP contribution in [-0.2, 0) is 0 Å². The molecule has 172 valence electrons. The maximum atomic E-state index is 13.8. The lowest BCUT2D eigenvalue weighted by Gasteiger charge is -2.25. The van der Waals surface area contributed by atoms with E-state index in [9.17, 15) is 9.65 Å². The number of hydrogen-bond donors (Lipinski definition) is 0. The summed E-state index contributed by atoms with van der Waals surface area (Å²) in [6.45, 7) is 0. The maximum Gasteiger partial charge on any atom is 0.237 e. The lowest BCUT2D eigenvalue weighted by molar-refractivity contribution is 0.367. The van der Waals surface area contributed by atoms with Crippen LogP contribution in [0.25, 0.3) is 16.9 Å². The summed E-state index contributed by atoms with van der Waals surface area (Å²) in [4.78, 5) is 6.23. The van der Waals surface area contributed by atoms with E-state index in [2.05, 4.69) is 11.1 Å². The van der Waals surface area contributed by atoms with Gasteiger partial charge in [-0.3, -0.25) is 0 Å². The van der Waals surface area contributed by atoms with Crippen molar-refractivity contribution in [2.45, 2.75) is 5.92 Å². The highest BCUT2D eigenvalue weighted by molar-refractivity contribution is 5.72. The highest BCUT2D eigenvalue weighted by Crippen LogP contribution is 2.48. The lowest BCUT2D eigenvalue weighted by atomic mass is 9.83. The standard InChI is InChI=1S/C28H22FN5O/c1-33(2)18-31-27-23(17-30)24(19-13-15-21(29)16-14-19)25-26(20-9-5-3-6-10-20)32-34(28(25)35-27)22-11-7-4-8-12-22/h3-16,18,24H,1-2H3/t24-/m1/s1. The number of fused-ring (bicyclic) bond motifs is 1. The summed E-state index contributed by atoms with van der Waals surface area (Å²) >= 11 is 0. The van der Waals surface area contributed by atoms with Crippen LogP contribution < -0.4 is 4.74 Å². The maximum absolute atomic E-state index is 13.8. The van der Waals surface area contributed by atoms with E-state index >= 15 is 0 Å². The summed E-state index contributed by atoms with van der Waals surface area (Å²) in [5.41, 5.74) is 4.17. The van der Waals surface area contributed by atoms with Crippen molar-refractivity contribution in [1.29, 1.82) is 5.26 Å². The first-order chi connectivity index (χ1) is 17.1. The second kappa shape index (κ2) is 9.27. The Labute approximate surface area is 202 Å². The van der Waals surface area contributed by atoms with Crippen LogP contribution in [0.3, 0.4) is 0 Å². The summed E-state index contributed by atoms with van der Waals surface area (Å²) in [6, 6.07) is 27.9. The number of hydrogen-bond acceptors (Lipinski definition) is 4. The van der Waals surface area contributed by atoms with Crippen molar-refractivity contribution in [2.24, 2.45) is 4.99 Å². The normalized spacial score (nSPS) is 15.0. The number of rotatable bonds is 5. The third kappa shape index (κ3) is 4.18. The summed E-state index contributed by atoms with van der Waals surface area (Å²) < 4.78 is 21.9. The monoisotopic (exact) mass is 463 g/mol. The number of nitriles is 1. The molecule has 6 nitrogen and oxygen atoms in total. The van der Waals surface area contributed by atoms with Gasteiger partial charge in [0.25, 0.3) is 0 Å². The first-order valence-corrected chi connectivity index (χ1v) is 11.1. The third-order valence-electron chi connectivity index (χ3n) is 5.66. The molecule has 1 atom stereocenters. The molecule has 1 aromatic heterocycles. The summed E-state index contributed by atoms with van der Waals surface area (Å²) in [5, 5.41) is 15.2. The molecule has 1 aliphatic rings. The molecule has 2 heterocycles. The Morgan fingerprint density at radius 1 is 1.00 bits per heavy atom. The molecule has 35 heavy (non-hydrogen) atoms. The molecule has 0 unspecified atom stereocenters. The molecule has 0 fully saturated rings. The SMILES string of the molecule is CN(C)C=NC1=C(C#N)[C@@H](c2ccc(F)cc2)c2c(-c3ccccc3)nn(-c3ccccc3)c2O1. The Morgan fingerprint density at radius 3 is 2.29 bits per heavy atom. The first-order valence-electron chi connectivity index (χ1n) is 11.1. The minimum absolute atomic E-state index is 0.180. The van der Waals surface area contributed by atoms with Gasteiger partial charge in [-0.2, -0.15) is 15.0 Å². The summed E-state index contributed by atoms with van der Waals surface area (Å²) in [6.07, 6.45) is 1.58. The number of aromatic nitrogens is 2. The minimum atomic E-state index is -0.550. The van der Waals surface area contributed by atoms with Gasteiger partial charge in [0, 0.05) is 19.7 Å². The van der Waals surface area contributed by atoms with Crippen molar-refractivity contribution in [3.8, 4) is 28.9 Å². The van der Waals surface area contributed by atoms with E-state index in [0.29, 0.717) is 17.1 Å². The van der Waals surface area contributed by atoms with Gasteiger partial charge in [0.2, 0.25) is 11.8 Å². The fourth-order valence-corrected chi connectivity index (χ4v) is 4.11. The molecule has 0 spiro atoms. The lowest BCUT2D eigenvalue weighted by Crippen LogP contribution is -2.18. The Morgan fingerprint density at radius 2 is 1.66 bits per heavy atom. The Balaban J connectivity index is 1.83. The van der Waals surface area contributed by atoms with Crippen LogP contribution >= 0.6 is 0 Å². The van der Waals surface area contributed by atoms with Gasteiger partial charge in [-0.1, -0.05) is 60.7 Å². The average Bonchev–Trinajstić information content (AvgIpc) is 3.27. The van der Waals surface area contributed by atoms with E-state index in [1.54, 1.807) is 28.1 Å². The van der Waals surface area contributed by atoms with Gasteiger partial charge in [-0.25, -0.2) is 9.38 Å². The second-order valence-electron chi connectivity index (χ2n) is 8.31. The van der Waals surface area contributed by atoms with E-state index in [0.717, 1.165) is 22.4 Å². The molecule has 0 saturated carbocycles. The first kappa shape index (κ1) is 22.1. The van der Waals surface area contributed by atoms with Crippen LogP contribution in [0.2, 0.25) is 0 Å². The van der Waals surface area contributed by atoms with Crippen molar-refractivity contribution in [2.75, 3.05) is 14.1 Å². The van der Waals surface area contributed by atoms with Gasteiger partial charge in [-0.05, 0) is 29.8 Å². The number of nitrogens with zero attached hydrogens (tertiary/aromatic N) is 5. The number of benzene rings is 3. The van der Waals surface area contributed by atoms with E-state index in [1.807, 2.05) is 74.8 Å². The van der Waals surface area contributed by atoms with Crippen LogP contribution in [0, 0.1) is 17.1 Å². The number of ether oxygens (including phenoxy) is 1. The zero-order valence-electron chi connectivity index (χ0n) is 19.3. The molecule has 0 aliphatic carbocycles. The van der Waals surface area contributed by atoms with Gasteiger partial charge >= 0.3 is 0 Å². The summed E-state index contributed by atoms with van der Waals surface area (Å²) in [7, 11) is 3.67. The molecule has 1 aliphatic heterocycles. The van der Waals surface area contributed by atoms with Crippen LogP contribution in [0.1, 0.15) is 17.0 Å². The number of aliphatic imine (C=N–C) groups is 1. The predicted octanol–water partition coefficient (Wildman–Crippen LogP) is 5.53. The van der Waals surface area contributed by atoms with Crippen molar-refractivity contribution >= 4 is 6.34 Å². The molecule has 0 N–H and O–H groups in total. The number of halogens is 1. The molecule has 0 saturated heterocycles. The Kier molecular flexibility index (Phi) is 5.86. The van der Waals surface area contributed by atoms with Crippen LogP contribution in [0.15, 0.2) is 101 Å². The quantitative estimate of drug-likeness (QED) is 0.288. The highest BCUT2D eigenvalue weighted by atomic mass is 19.1. The largest absolute Gasteiger partial charge is 0.419 e. The van der Waals surface area contributed by atoms with Crippen molar-refractivity contribution in [1.82, 2.24) is 14.7 Å². The minimum Gasteiger partial charge on any atom is -0.419 e. The molecule has 0 radical (unpaired) electrons. The van der Waals surface area contributed by atoms with Gasteiger partial charge in [-0.15, -0.1) is 0 Å². The third-order valence-corrected chi connectivity index (χ3v) is 5.66. The molecular weight excluding hydrogens is 441 g/mol. The molecular formula is C28H22FN5O. The average molecular weight is 464 g/mol. The van der Waals surface area contributed by atoms with Crippen molar-refractivity contribution in [3.05, 3.63) is 113 Å². The van der Waals surface area contributed by atoms with Crippen LogP contribution in [0.4, 0.5) is 4.39 Å². The molecule has 0 bridgehead atoms. The van der Waals surface area contributed by atoms with Crippen LogP contribution in [0.5, 0.6) is 5.88 Å². The van der Waals surface area contributed by atoms with E-state index in [-0.39, 0.29) is 11.7 Å². The van der Waals surface area contributed by atoms with Crippen LogP contribution in [-0.4, -0.2) is 35.1 Å².